The molecule has 0 aliphatic carbocycles. The summed E-state index contributed by atoms with van der Waals surface area (Å²) in [6.07, 6.45) is 0.540. The lowest BCUT2D eigenvalue weighted by Gasteiger charge is -2.40. The van der Waals surface area contributed by atoms with E-state index >= 15 is 0 Å². The van der Waals surface area contributed by atoms with Gasteiger partial charge in [0.25, 0.3) is 0 Å². The van der Waals surface area contributed by atoms with Gasteiger partial charge in [-0.2, -0.15) is 0 Å². The summed E-state index contributed by atoms with van der Waals surface area (Å²) in [5.41, 5.74) is 3.55. The van der Waals surface area contributed by atoms with Crippen molar-refractivity contribution in [3.63, 3.8) is 0 Å². The summed E-state index contributed by atoms with van der Waals surface area (Å²) in [4.78, 5) is 16.0. The molecule has 0 radical (unpaired) electrons. The number of rotatable bonds is 10. The van der Waals surface area contributed by atoms with E-state index in [0.717, 1.165) is 49.7 Å². The summed E-state index contributed by atoms with van der Waals surface area (Å²) in [5, 5.41) is 9.81. The average Bonchev–Trinajstić information content (AvgIpc) is 2.87. The molecule has 0 bridgehead atoms. The lowest BCUT2D eigenvalue weighted by Crippen LogP contribution is -2.48. The number of ether oxygens (including phenoxy) is 1. The van der Waals surface area contributed by atoms with Crippen molar-refractivity contribution in [2.45, 2.75) is 18.6 Å². The third-order valence-electron chi connectivity index (χ3n) is 6.36. The molecule has 0 aromatic heterocycles. The van der Waals surface area contributed by atoms with Gasteiger partial charge in [0.15, 0.2) is 0 Å². The van der Waals surface area contributed by atoms with Crippen LogP contribution in [-0.4, -0.2) is 60.2 Å². The normalized spacial score (nSPS) is 16.7. The van der Waals surface area contributed by atoms with Crippen molar-refractivity contribution in [3.05, 3.63) is 107 Å². The summed E-state index contributed by atoms with van der Waals surface area (Å²) < 4.78 is 5.72. The van der Waals surface area contributed by atoms with Crippen LogP contribution in [0.4, 0.5) is 0 Å². The monoisotopic (exact) mass is 478 g/mol. The largest absolute Gasteiger partial charge is 0.480 e. The fraction of sp³-hybridized carbons (Fsp3) is 0.321. The van der Waals surface area contributed by atoms with Gasteiger partial charge in [-0.25, -0.2) is 4.79 Å². The van der Waals surface area contributed by atoms with Crippen LogP contribution < -0.4 is 0 Å². The minimum absolute atomic E-state index is 0.191. The summed E-state index contributed by atoms with van der Waals surface area (Å²) >= 11 is 6.15. The van der Waals surface area contributed by atoms with Gasteiger partial charge in [0, 0.05) is 37.7 Å². The van der Waals surface area contributed by atoms with Crippen molar-refractivity contribution >= 4 is 17.6 Å². The standard InChI is InChI=1S/C28H31ClN2O3/c29-25-13-11-24(12-14-25)28(23-9-5-2-6-10-23)31-19-17-30(18-20-31)16-15-26(34-21-27(32)33)22-7-3-1-4-8-22/h1-14,26,28H,15-21H2,(H,32,33). The van der Waals surface area contributed by atoms with Crippen molar-refractivity contribution in [2.24, 2.45) is 0 Å². The van der Waals surface area contributed by atoms with Crippen LogP contribution in [0.2, 0.25) is 5.02 Å². The Morgan fingerprint density at radius 2 is 1.38 bits per heavy atom. The summed E-state index contributed by atoms with van der Waals surface area (Å²) in [6.45, 7) is 4.40. The molecule has 0 amide bonds. The van der Waals surface area contributed by atoms with Crippen LogP contribution in [-0.2, 0) is 9.53 Å². The highest BCUT2D eigenvalue weighted by Crippen LogP contribution is 2.30. The van der Waals surface area contributed by atoms with Gasteiger partial charge in [-0.05, 0) is 35.2 Å². The molecule has 0 saturated carbocycles. The number of benzene rings is 3. The molecule has 178 valence electrons. The number of carboxylic acid groups (broad SMARTS) is 1. The van der Waals surface area contributed by atoms with Gasteiger partial charge in [-0.15, -0.1) is 0 Å². The van der Waals surface area contributed by atoms with E-state index in [1.54, 1.807) is 0 Å². The Labute approximate surface area is 206 Å². The Bertz CT molecular complexity index is 1020. The van der Waals surface area contributed by atoms with Crippen molar-refractivity contribution < 1.29 is 14.6 Å². The second-order valence-corrected chi connectivity index (χ2v) is 9.07. The van der Waals surface area contributed by atoms with Gasteiger partial charge < -0.3 is 14.7 Å². The lowest BCUT2D eigenvalue weighted by molar-refractivity contribution is -0.144. The zero-order valence-corrected chi connectivity index (χ0v) is 20.0. The Morgan fingerprint density at radius 3 is 1.97 bits per heavy atom. The van der Waals surface area contributed by atoms with E-state index in [9.17, 15) is 4.79 Å². The molecular formula is C28H31ClN2O3. The lowest BCUT2D eigenvalue weighted by atomic mass is 9.96. The van der Waals surface area contributed by atoms with Gasteiger partial charge >= 0.3 is 5.97 Å². The first kappa shape index (κ1) is 24.4. The van der Waals surface area contributed by atoms with Crippen LogP contribution in [0.1, 0.15) is 35.3 Å². The van der Waals surface area contributed by atoms with Gasteiger partial charge in [0.1, 0.15) is 6.61 Å². The summed E-state index contributed by atoms with van der Waals surface area (Å²) in [5.74, 6) is -0.941. The molecule has 1 N–H and O–H groups in total. The SMILES string of the molecule is O=C(O)COC(CCN1CCN(C(c2ccccc2)c2ccc(Cl)cc2)CC1)c1ccccc1. The van der Waals surface area contributed by atoms with E-state index in [0.29, 0.717) is 0 Å². The Hall–Kier alpha value is -2.70. The Kier molecular flexibility index (Phi) is 8.72. The zero-order valence-electron chi connectivity index (χ0n) is 19.2. The molecular weight excluding hydrogens is 448 g/mol. The molecule has 1 aliphatic rings. The van der Waals surface area contributed by atoms with E-state index in [1.807, 2.05) is 42.5 Å². The second kappa shape index (κ2) is 12.1. The van der Waals surface area contributed by atoms with Crippen molar-refractivity contribution in [2.75, 3.05) is 39.3 Å². The highest BCUT2D eigenvalue weighted by atomic mass is 35.5. The Morgan fingerprint density at radius 1 is 0.824 bits per heavy atom. The molecule has 1 heterocycles. The first-order valence-electron chi connectivity index (χ1n) is 11.8. The maximum Gasteiger partial charge on any atom is 0.329 e. The van der Waals surface area contributed by atoms with Crippen LogP contribution in [0, 0.1) is 0 Å². The smallest absolute Gasteiger partial charge is 0.329 e. The number of carboxylic acids is 1. The maximum atomic E-state index is 11.0. The maximum absolute atomic E-state index is 11.0. The molecule has 1 aliphatic heterocycles. The van der Waals surface area contributed by atoms with E-state index < -0.39 is 5.97 Å². The third-order valence-corrected chi connectivity index (χ3v) is 6.61. The minimum Gasteiger partial charge on any atom is -0.480 e. The van der Waals surface area contributed by atoms with Crippen LogP contribution in [0.15, 0.2) is 84.9 Å². The number of hydrogen-bond donors (Lipinski definition) is 1. The number of nitrogens with zero attached hydrogens (tertiary/aromatic N) is 2. The van der Waals surface area contributed by atoms with Crippen molar-refractivity contribution in [1.29, 1.82) is 0 Å². The summed E-state index contributed by atoms with van der Waals surface area (Å²) in [6, 6.07) is 28.9. The molecule has 1 saturated heterocycles. The van der Waals surface area contributed by atoms with Gasteiger partial charge in [-0.1, -0.05) is 84.4 Å². The molecule has 34 heavy (non-hydrogen) atoms. The molecule has 2 atom stereocenters. The molecule has 3 aromatic rings. The zero-order chi connectivity index (χ0) is 23.8. The van der Waals surface area contributed by atoms with Crippen LogP contribution >= 0.6 is 11.6 Å². The fourth-order valence-electron chi connectivity index (χ4n) is 4.63. The predicted molar refractivity (Wildman–Crippen MR) is 135 cm³/mol. The summed E-state index contributed by atoms with van der Waals surface area (Å²) in [7, 11) is 0. The second-order valence-electron chi connectivity index (χ2n) is 8.64. The topological polar surface area (TPSA) is 53.0 Å². The quantitative estimate of drug-likeness (QED) is 0.429. The first-order valence-corrected chi connectivity index (χ1v) is 12.1. The fourth-order valence-corrected chi connectivity index (χ4v) is 4.75. The van der Waals surface area contributed by atoms with Gasteiger partial charge in [-0.3, -0.25) is 4.90 Å². The van der Waals surface area contributed by atoms with Gasteiger partial charge in [0.05, 0.1) is 12.1 Å². The molecule has 4 rings (SSSR count). The predicted octanol–water partition coefficient (Wildman–Crippen LogP) is 5.28. The number of piperazine rings is 1. The molecule has 5 nitrogen and oxygen atoms in total. The van der Waals surface area contributed by atoms with E-state index in [-0.39, 0.29) is 18.8 Å². The molecule has 1 fully saturated rings. The van der Waals surface area contributed by atoms with Crippen LogP contribution in [0.5, 0.6) is 0 Å². The van der Waals surface area contributed by atoms with Crippen LogP contribution in [0.25, 0.3) is 0 Å². The number of carbonyl (C=O) groups is 1. The molecule has 2 unspecified atom stereocenters. The average molecular weight is 479 g/mol. The van der Waals surface area contributed by atoms with E-state index in [1.165, 1.54) is 11.1 Å². The number of hydrogen-bond acceptors (Lipinski definition) is 4. The third kappa shape index (κ3) is 6.67. The van der Waals surface area contributed by atoms with E-state index in [2.05, 4.69) is 52.3 Å². The molecule has 0 spiro atoms. The highest BCUT2D eigenvalue weighted by Gasteiger charge is 2.27. The van der Waals surface area contributed by atoms with Crippen LogP contribution in [0.3, 0.4) is 0 Å². The van der Waals surface area contributed by atoms with Gasteiger partial charge in [0.2, 0.25) is 0 Å². The molecule has 6 heteroatoms. The minimum atomic E-state index is -0.941. The van der Waals surface area contributed by atoms with Crippen molar-refractivity contribution in [3.8, 4) is 0 Å². The first-order chi connectivity index (χ1) is 16.6. The highest BCUT2D eigenvalue weighted by molar-refractivity contribution is 6.30. The van der Waals surface area contributed by atoms with E-state index in [4.69, 9.17) is 21.4 Å². The number of halogens is 1. The Balaban J connectivity index is 1.39. The number of aliphatic carboxylic acids is 1. The molecule has 3 aromatic carbocycles. The van der Waals surface area contributed by atoms with Crippen molar-refractivity contribution in [1.82, 2.24) is 9.80 Å².